The molecule has 0 aromatic carbocycles. The number of nitrogens with zero attached hydrogens (tertiary/aromatic N) is 2. The molecular formula is C7H8Cl2N2O2S. The zero-order valence-electron chi connectivity index (χ0n) is 7.06. The van der Waals surface area contributed by atoms with Crippen LogP contribution in [0.25, 0.3) is 0 Å². The van der Waals surface area contributed by atoms with Crippen molar-refractivity contribution in [1.82, 2.24) is 9.97 Å². The lowest BCUT2D eigenvalue weighted by Crippen LogP contribution is -2.23. The smallest absolute Gasteiger partial charge is 0.342 e. The highest BCUT2D eigenvalue weighted by molar-refractivity contribution is 7.91. The first-order valence-electron chi connectivity index (χ1n) is 3.73. The highest BCUT2D eigenvalue weighted by atomic mass is 35.5. The molecule has 2 unspecified atom stereocenters. The molecule has 14 heavy (non-hydrogen) atoms. The lowest BCUT2D eigenvalue weighted by Gasteiger charge is -2.10. The van der Waals surface area contributed by atoms with Crippen LogP contribution >= 0.6 is 23.2 Å². The van der Waals surface area contributed by atoms with Crippen LogP contribution in [0, 0.1) is 0 Å². The molecule has 78 valence electrons. The highest BCUT2D eigenvalue weighted by Crippen LogP contribution is 2.09. The van der Waals surface area contributed by atoms with Crippen molar-refractivity contribution in [2.45, 2.75) is 11.3 Å². The van der Waals surface area contributed by atoms with Gasteiger partial charge in [0.1, 0.15) is 11.9 Å². The Hall–Kier alpha value is -0.0700. The number of aromatic nitrogens is 2. The van der Waals surface area contributed by atoms with Gasteiger partial charge in [0.15, 0.2) is 0 Å². The van der Waals surface area contributed by atoms with E-state index in [4.69, 9.17) is 28.3 Å². The first kappa shape index (κ1) is 12.0. The van der Waals surface area contributed by atoms with Gasteiger partial charge < -0.3 is 9.66 Å². The van der Waals surface area contributed by atoms with E-state index in [-0.39, 0.29) is 16.8 Å². The highest BCUT2D eigenvalue weighted by Gasteiger charge is 2.18. The number of alkyl halides is 1. The van der Waals surface area contributed by atoms with Gasteiger partial charge in [-0.05, 0) is 0 Å². The molecule has 0 radical (unpaired) electrons. The second-order valence-electron chi connectivity index (χ2n) is 2.50. The molecule has 1 N–H and O–H groups in total. The first-order valence-corrected chi connectivity index (χ1v) is 5.96. The molecule has 0 saturated heterocycles. The lowest BCUT2D eigenvalue weighted by molar-refractivity contribution is 0.221. The fraction of sp³-hybridized carbons (Fsp3) is 0.429. The number of aliphatic hydroxyl groups is 1. The Morgan fingerprint density at radius 1 is 1.50 bits per heavy atom. The predicted molar refractivity (Wildman–Crippen MR) is 55.0 cm³/mol. The lowest BCUT2D eigenvalue weighted by atomic mass is 10.5. The normalized spacial score (nSPS) is 15.1. The average Bonchev–Trinajstić information content (AvgIpc) is 2.18. The van der Waals surface area contributed by atoms with Crippen LogP contribution in [0.3, 0.4) is 0 Å². The van der Waals surface area contributed by atoms with E-state index in [1.165, 1.54) is 12.4 Å². The van der Waals surface area contributed by atoms with Gasteiger partial charge in [-0.15, -0.1) is 11.6 Å². The SMILES string of the molecule is [O-][S+](CC(O)CCl)c1ncc(Cl)cn1. The van der Waals surface area contributed by atoms with E-state index >= 15 is 0 Å². The molecule has 0 spiro atoms. The molecule has 1 rings (SSSR count). The summed E-state index contributed by atoms with van der Waals surface area (Å²) in [6.07, 6.45) is 1.90. The summed E-state index contributed by atoms with van der Waals surface area (Å²) in [5.74, 6) is 0.0739. The largest absolute Gasteiger partial charge is 0.609 e. The van der Waals surface area contributed by atoms with E-state index in [0.717, 1.165) is 0 Å². The van der Waals surface area contributed by atoms with Gasteiger partial charge in [0.05, 0.1) is 23.3 Å². The van der Waals surface area contributed by atoms with Crippen LogP contribution < -0.4 is 0 Å². The summed E-state index contributed by atoms with van der Waals surface area (Å²) in [5.41, 5.74) is 0. The van der Waals surface area contributed by atoms with Gasteiger partial charge >= 0.3 is 5.16 Å². The van der Waals surface area contributed by atoms with E-state index in [9.17, 15) is 4.55 Å². The van der Waals surface area contributed by atoms with Crippen molar-refractivity contribution >= 4 is 34.4 Å². The molecule has 0 aliphatic carbocycles. The molecule has 2 atom stereocenters. The minimum atomic E-state index is -1.44. The number of aliphatic hydroxyl groups excluding tert-OH is 1. The summed E-state index contributed by atoms with van der Waals surface area (Å²) < 4.78 is 11.4. The Morgan fingerprint density at radius 2 is 2.07 bits per heavy atom. The van der Waals surface area contributed by atoms with Gasteiger partial charge in [-0.2, -0.15) is 9.97 Å². The molecule has 0 aliphatic heterocycles. The molecular weight excluding hydrogens is 247 g/mol. The summed E-state index contributed by atoms with van der Waals surface area (Å²) in [5, 5.41) is 9.67. The summed E-state index contributed by atoms with van der Waals surface area (Å²) in [4.78, 5) is 7.54. The molecule has 4 nitrogen and oxygen atoms in total. The molecule has 0 amide bonds. The molecule has 0 saturated carbocycles. The Balaban J connectivity index is 2.60. The number of hydrogen-bond acceptors (Lipinski definition) is 4. The van der Waals surface area contributed by atoms with Crippen molar-refractivity contribution in [2.75, 3.05) is 11.6 Å². The van der Waals surface area contributed by atoms with Crippen molar-refractivity contribution in [3.63, 3.8) is 0 Å². The standard InChI is InChI=1S/C7H8Cl2N2O2S/c8-1-6(12)4-14(13)7-10-2-5(9)3-11-7/h2-3,6,12H,1,4H2. The van der Waals surface area contributed by atoms with Crippen molar-refractivity contribution < 1.29 is 9.66 Å². The van der Waals surface area contributed by atoms with Gasteiger partial charge in [0, 0.05) is 11.2 Å². The van der Waals surface area contributed by atoms with Gasteiger partial charge in [0.2, 0.25) is 0 Å². The van der Waals surface area contributed by atoms with E-state index in [1.54, 1.807) is 0 Å². The van der Waals surface area contributed by atoms with Crippen molar-refractivity contribution in [3.8, 4) is 0 Å². The maximum absolute atomic E-state index is 11.4. The first-order chi connectivity index (χ1) is 6.63. The van der Waals surface area contributed by atoms with Crippen molar-refractivity contribution in [3.05, 3.63) is 17.4 Å². The fourth-order valence-electron chi connectivity index (χ4n) is 0.712. The maximum Gasteiger partial charge on any atom is 0.342 e. The fourth-order valence-corrected chi connectivity index (χ4v) is 2.00. The van der Waals surface area contributed by atoms with Gasteiger partial charge in [-0.1, -0.05) is 11.6 Å². The molecule has 1 aromatic heterocycles. The minimum Gasteiger partial charge on any atom is -0.609 e. The third kappa shape index (κ3) is 3.59. The quantitative estimate of drug-likeness (QED) is 0.491. The van der Waals surface area contributed by atoms with Crippen molar-refractivity contribution in [2.24, 2.45) is 0 Å². The van der Waals surface area contributed by atoms with Gasteiger partial charge in [-0.25, -0.2) is 0 Å². The molecule has 0 fully saturated rings. The monoisotopic (exact) mass is 254 g/mol. The third-order valence-electron chi connectivity index (χ3n) is 1.32. The second kappa shape index (κ2) is 5.72. The van der Waals surface area contributed by atoms with Crippen LogP contribution in [0.2, 0.25) is 5.02 Å². The Labute approximate surface area is 94.5 Å². The zero-order chi connectivity index (χ0) is 10.6. The topological polar surface area (TPSA) is 69.1 Å². The predicted octanol–water partition coefficient (Wildman–Crippen LogP) is 0.837. The molecule has 0 bridgehead atoms. The van der Waals surface area contributed by atoms with E-state index < -0.39 is 17.3 Å². The van der Waals surface area contributed by atoms with Gasteiger partial charge in [-0.3, -0.25) is 0 Å². The van der Waals surface area contributed by atoms with E-state index in [1.807, 2.05) is 0 Å². The van der Waals surface area contributed by atoms with E-state index in [2.05, 4.69) is 9.97 Å². The summed E-state index contributed by atoms with van der Waals surface area (Å²) in [6.45, 7) is 0. The van der Waals surface area contributed by atoms with Crippen LogP contribution in [0.4, 0.5) is 0 Å². The molecule has 1 aromatic rings. The number of hydrogen-bond donors (Lipinski definition) is 1. The third-order valence-corrected chi connectivity index (χ3v) is 3.18. The van der Waals surface area contributed by atoms with Crippen LogP contribution in [0.15, 0.2) is 17.6 Å². The Morgan fingerprint density at radius 3 is 2.57 bits per heavy atom. The molecule has 0 aliphatic rings. The van der Waals surface area contributed by atoms with E-state index in [0.29, 0.717) is 5.02 Å². The van der Waals surface area contributed by atoms with Crippen LogP contribution in [0.5, 0.6) is 0 Å². The number of rotatable bonds is 4. The summed E-state index contributed by atoms with van der Waals surface area (Å²) in [6, 6.07) is 0. The Bertz CT molecular complexity index is 286. The maximum atomic E-state index is 11.4. The van der Waals surface area contributed by atoms with Crippen LogP contribution in [-0.2, 0) is 11.2 Å². The molecule has 1 heterocycles. The number of halogens is 2. The zero-order valence-corrected chi connectivity index (χ0v) is 9.39. The van der Waals surface area contributed by atoms with Crippen molar-refractivity contribution in [1.29, 1.82) is 0 Å². The molecule has 7 heteroatoms. The summed E-state index contributed by atoms with van der Waals surface area (Å²) in [7, 11) is 0. The van der Waals surface area contributed by atoms with Crippen LogP contribution in [0.1, 0.15) is 0 Å². The average molecular weight is 255 g/mol. The summed E-state index contributed by atoms with van der Waals surface area (Å²) >= 11 is 9.48. The van der Waals surface area contributed by atoms with Gasteiger partial charge in [0.25, 0.3) is 0 Å². The van der Waals surface area contributed by atoms with Crippen LogP contribution in [-0.4, -0.2) is 37.4 Å². The second-order valence-corrected chi connectivity index (χ2v) is 4.64. The Kier molecular flexibility index (Phi) is 4.91. The minimum absolute atomic E-state index is 0.0329.